The van der Waals surface area contributed by atoms with Crippen LogP contribution in [0.1, 0.15) is 45.4 Å². The molecule has 1 aliphatic heterocycles. The molecule has 0 aromatic carbocycles. The lowest BCUT2D eigenvalue weighted by Gasteiger charge is -2.28. The minimum absolute atomic E-state index is 0.0977. The number of carbonyl (C=O) groups is 1. The van der Waals surface area contributed by atoms with Crippen LogP contribution >= 0.6 is 0 Å². The molecule has 2 fully saturated rings. The van der Waals surface area contributed by atoms with Crippen LogP contribution in [0.2, 0.25) is 0 Å². The van der Waals surface area contributed by atoms with Crippen LogP contribution in [-0.4, -0.2) is 31.7 Å². The molecular formula is C14H24O3. The lowest BCUT2D eigenvalue weighted by molar-refractivity contribution is -0.130. The van der Waals surface area contributed by atoms with Gasteiger partial charge >= 0.3 is 0 Å². The first kappa shape index (κ1) is 13.0. The van der Waals surface area contributed by atoms with Crippen molar-refractivity contribution in [1.29, 1.82) is 0 Å². The van der Waals surface area contributed by atoms with Crippen molar-refractivity contribution in [2.24, 2.45) is 11.8 Å². The summed E-state index contributed by atoms with van der Waals surface area (Å²) in [6.45, 7) is 3.88. The molecule has 0 radical (unpaired) electrons. The van der Waals surface area contributed by atoms with Crippen molar-refractivity contribution in [1.82, 2.24) is 0 Å². The fourth-order valence-corrected chi connectivity index (χ4v) is 2.87. The number of Topliss-reactive ketones (excluding diaryl/α,β-unsaturated/α-hetero) is 1. The van der Waals surface area contributed by atoms with Crippen molar-refractivity contribution in [3.8, 4) is 0 Å². The Bertz CT molecular complexity index is 246. The van der Waals surface area contributed by atoms with Crippen molar-refractivity contribution in [2.45, 2.75) is 51.6 Å². The second-order valence-electron chi connectivity index (χ2n) is 5.40. The molecule has 0 N–H and O–H groups in total. The van der Waals surface area contributed by atoms with E-state index in [9.17, 15) is 4.79 Å². The molecule has 3 atom stereocenters. The van der Waals surface area contributed by atoms with Crippen molar-refractivity contribution in [3.05, 3.63) is 0 Å². The van der Waals surface area contributed by atoms with Gasteiger partial charge in [0.2, 0.25) is 0 Å². The fourth-order valence-electron chi connectivity index (χ4n) is 2.87. The van der Waals surface area contributed by atoms with Gasteiger partial charge in [-0.1, -0.05) is 26.2 Å². The molecule has 98 valence electrons. The van der Waals surface area contributed by atoms with Crippen molar-refractivity contribution in [3.63, 3.8) is 0 Å². The summed E-state index contributed by atoms with van der Waals surface area (Å²) in [6.07, 6.45) is 7.30. The van der Waals surface area contributed by atoms with Crippen LogP contribution in [0.4, 0.5) is 0 Å². The van der Waals surface area contributed by atoms with Crippen LogP contribution in [-0.2, 0) is 14.3 Å². The Hall–Kier alpha value is -0.410. The molecule has 3 unspecified atom stereocenters. The number of carbonyl (C=O) groups excluding carboxylic acids is 1. The van der Waals surface area contributed by atoms with E-state index in [0.29, 0.717) is 19.3 Å². The van der Waals surface area contributed by atoms with E-state index in [-0.39, 0.29) is 11.7 Å². The molecule has 0 bridgehead atoms. The molecule has 2 rings (SSSR count). The van der Waals surface area contributed by atoms with Crippen LogP contribution in [0.25, 0.3) is 0 Å². The Labute approximate surface area is 104 Å². The highest BCUT2D eigenvalue weighted by molar-refractivity contribution is 5.82. The van der Waals surface area contributed by atoms with E-state index < -0.39 is 0 Å². The van der Waals surface area contributed by atoms with Crippen LogP contribution < -0.4 is 0 Å². The average molecular weight is 240 g/mol. The van der Waals surface area contributed by atoms with Gasteiger partial charge in [0, 0.05) is 12.5 Å². The zero-order valence-corrected chi connectivity index (χ0v) is 10.8. The lowest BCUT2D eigenvalue weighted by atomic mass is 9.85. The Morgan fingerprint density at radius 3 is 2.94 bits per heavy atom. The number of hydrogen-bond acceptors (Lipinski definition) is 3. The van der Waals surface area contributed by atoms with Crippen molar-refractivity contribution >= 4 is 5.78 Å². The molecule has 0 amide bonds. The smallest absolute Gasteiger partial charge is 0.163 e. The summed E-state index contributed by atoms with van der Waals surface area (Å²) in [5.41, 5.74) is 0. The molecule has 1 heterocycles. The number of ether oxygens (including phenoxy) is 2. The zero-order chi connectivity index (χ0) is 12.1. The van der Waals surface area contributed by atoms with E-state index >= 15 is 0 Å². The first-order valence-corrected chi connectivity index (χ1v) is 7.01. The highest BCUT2D eigenvalue weighted by atomic mass is 16.5. The monoisotopic (exact) mass is 240 g/mol. The summed E-state index contributed by atoms with van der Waals surface area (Å²) in [6, 6.07) is 0. The Kier molecular flexibility index (Phi) is 4.99. The largest absolute Gasteiger partial charge is 0.381 e. The van der Waals surface area contributed by atoms with E-state index in [1.165, 1.54) is 19.3 Å². The minimum atomic E-state index is 0.0977. The highest BCUT2D eigenvalue weighted by Gasteiger charge is 2.26. The maximum Gasteiger partial charge on any atom is 0.163 e. The van der Waals surface area contributed by atoms with E-state index in [2.05, 4.69) is 6.92 Å². The Morgan fingerprint density at radius 2 is 2.24 bits per heavy atom. The lowest BCUT2D eigenvalue weighted by Crippen LogP contribution is -2.27. The quantitative estimate of drug-likeness (QED) is 0.741. The summed E-state index contributed by atoms with van der Waals surface area (Å²) in [5.74, 6) is 1.14. The average Bonchev–Trinajstić information content (AvgIpc) is 2.90. The molecule has 1 saturated carbocycles. The van der Waals surface area contributed by atoms with Crippen LogP contribution in [0.5, 0.6) is 0 Å². The molecule has 1 saturated heterocycles. The summed E-state index contributed by atoms with van der Waals surface area (Å²) in [4.78, 5) is 11.8. The van der Waals surface area contributed by atoms with Crippen LogP contribution in [0.15, 0.2) is 0 Å². The summed E-state index contributed by atoms with van der Waals surface area (Å²) in [5, 5.41) is 0. The van der Waals surface area contributed by atoms with Gasteiger partial charge in [0.1, 0.15) is 6.61 Å². The van der Waals surface area contributed by atoms with Gasteiger partial charge in [-0.25, -0.2) is 0 Å². The SMILES string of the molecule is CCC1CCCC(OCC(=O)C2CCOC2)C1. The summed E-state index contributed by atoms with van der Waals surface area (Å²) < 4.78 is 11.0. The van der Waals surface area contributed by atoms with Gasteiger partial charge < -0.3 is 9.47 Å². The summed E-state index contributed by atoms with van der Waals surface area (Å²) in [7, 11) is 0. The van der Waals surface area contributed by atoms with Gasteiger partial charge in [-0.3, -0.25) is 4.79 Å². The highest BCUT2D eigenvalue weighted by Crippen LogP contribution is 2.28. The van der Waals surface area contributed by atoms with Crippen molar-refractivity contribution in [2.75, 3.05) is 19.8 Å². The third kappa shape index (κ3) is 3.78. The standard InChI is InChI=1S/C14H24O3/c1-2-11-4-3-5-13(8-11)17-10-14(15)12-6-7-16-9-12/h11-13H,2-10H2,1H3. The topological polar surface area (TPSA) is 35.5 Å². The van der Waals surface area contributed by atoms with E-state index in [4.69, 9.17) is 9.47 Å². The molecule has 0 aromatic rings. The van der Waals surface area contributed by atoms with E-state index in [0.717, 1.165) is 31.8 Å². The molecule has 0 aromatic heterocycles. The first-order valence-electron chi connectivity index (χ1n) is 7.01. The molecule has 2 aliphatic rings. The number of hydrogen-bond donors (Lipinski definition) is 0. The first-order chi connectivity index (χ1) is 8.29. The molecule has 17 heavy (non-hydrogen) atoms. The molecular weight excluding hydrogens is 216 g/mol. The van der Waals surface area contributed by atoms with Gasteiger partial charge in [0.15, 0.2) is 5.78 Å². The van der Waals surface area contributed by atoms with Gasteiger partial charge in [0.25, 0.3) is 0 Å². The van der Waals surface area contributed by atoms with Gasteiger partial charge in [0.05, 0.1) is 12.7 Å². The maximum absolute atomic E-state index is 11.8. The van der Waals surface area contributed by atoms with E-state index in [1.54, 1.807) is 0 Å². The van der Waals surface area contributed by atoms with E-state index in [1.807, 2.05) is 0 Å². The minimum Gasteiger partial charge on any atom is -0.381 e. The molecule has 0 spiro atoms. The predicted octanol–water partition coefficient (Wildman–Crippen LogP) is 2.58. The Morgan fingerprint density at radius 1 is 1.35 bits per heavy atom. The third-order valence-corrected chi connectivity index (χ3v) is 4.16. The Balaban J connectivity index is 1.68. The summed E-state index contributed by atoms with van der Waals surface area (Å²) >= 11 is 0. The van der Waals surface area contributed by atoms with Crippen LogP contribution in [0.3, 0.4) is 0 Å². The zero-order valence-electron chi connectivity index (χ0n) is 10.8. The van der Waals surface area contributed by atoms with Gasteiger partial charge in [-0.15, -0.1) is 0 Å². The fraction of sp³-hybridized carbons (Fsp3) is 0.929. The molecule has 3 nitrogen and oxygen atoms in total. The second kappa shape index (κ2) is 6.50. The molecule has 3 heteroatoms. The number of ketones is 1. The normalized spacial score (nSPS) is 33.8. The predicted molar refractivity (Wildman–Crippen MR) is 65.9 cm³/mol. The van der Waals surface area contributed by atoms with Crippen LogP contribution in [0, 0.1) is 11.8 Å². The maximum atomic E-state index is 11.8. The second-order valence-corrected chi connectivity index (χ2v) is 5.40. The van der Waals surface area contributed by atoms with Gasteiger partial charge in [-0.05, 0) is 25.2 Å². The molecule has 1 aliphatic carbocycles. The van der Waals surface area contributed by atoms with Crippen molar-refractivity contribution < 1.29 is 14.3 Å². The number of rotatable bonds is 5. The van der Waals surface area contributed by atoms with Gasteiger partial charge in [-0.2, -0.15) is 0 Å². The third-order valence-electron chi connectivity index (χ3n) is 4.16.